The second kappa shape index (κ2) is 2.19. The molecule has 0 spiro atoms. The fourth-order valence-electron chi connectivity index (χ4n) is 0. The van der Waals surface area contributed by atoms with Crippen LogP contribution in [0.4, 0.5) is 0 Å². The Morgan fingerprint density at radius 2 is 1.33 bits per heavy atom. The van der Waals surface area contributed by atoms with Crippen LogP contribution in [0.2, 0.25) is 0 Å². The fourth-order valence-corrected chi connectivity index (χ4v) is 0. The molecule has 0 aromatic heterocycles. The molecule has 0 amide bonds. The van der Waals surface area contributed by atoms with Gasteiger partial charge in [-0.25, -0.2) is 0 Å². The molecule has 0 bridgehead atoms. The van der Waals surface area contributed by atoms with Crippen molar-refractivity contribution in [1.29, 1.82) is 0 Å². The predicted octanol–water partition coefficient (Wildman–Crippen LogP) is 0.391. The SMILES string of the molecule is CC(C)C(C)[O-]. The Labute approximate surface area is 39.0 Å². The van der Waals surface area contributed by atoms with Crippen LogP contribution in [0.1, 0.15) is 20.8 Å². The van der Waals surface area contributed by atoms with Gasteiger partial charge in [-0.15, -0.1) is 6.10 Å². The van der Waals surface area contributed by atoms with Crippen LogP contribution in [0.15, 0.2) is 0 Å². The van der Waals surface area contributed by atoms with Crippen molar-refractivity contribution in [2.45, 2.75) is 26.9 Å². The number of hydrogen-bond donors (Lipinski definition) is 0. The average molecular weight is 87.1 g/mol. The summed E-state index contributed by atoms with van der Waals surface area (Å²) in [6, 6.07) is 0. The van der Waals surface area contributed by atoms with Crippen molar-refractivity contribution < 1.29 is 5.11 Å². The van der Waals surface area contributed by atoms with Gasteiger partial charge in [0.15, 0.2) is 0 Å². The topological polar surface area (TPSA) is 23.1 Å². The molecule has 0 aromatic carbocycles. The van der Waals surface area contributed by atoms with Gasteiger partial charge in [-0.1, -0.05) is 26.7 Å². The van der Waals surface area contributed by atoms with Crippen molar-refractivity contribution in [3.8, 4) is 0 Å². The van der Waals surface area contributed by atoms with Gasteiger partial charge in [-0.2, -0.15) is 0 Å². The van der Waals surface area contributed by atoms with E-state index in [1.54, 1.807) is 6.92 Å². The molecule has 0 saturated heterocycles. The minimum atomic E-state index is -0.398. The summed E-state index contributed by atoms with van der Waals surface area (Å²) >= 11 is 0. The Balaban J connectivity index is 2.99. The molecule has 1 heteroatoms. The van der Waals surface area contributed by atoms with E-state index in [4.69, 9.17) is 0 Å². The van der Waals surface area contributed by atoms with Gasteiger partial charge < -0.3 is 5.11 Å². The van der Waals surface area contributed by atoms with Gasteiger partial charge >= 0.3 is 0 Å². The van der Waals surface area contributed by atoms with Crippen molar-refractivity contribution >= 4 is 0 Å². The number of hydrogen-bond acceptors (Lipinski definition) is 1. The normalized spacial score (nSPS) is 15.5. The summed E-state index contributed by atoms with van der Waals surface area (Å²) < 4.78 is 0. The van der Waals surface area contributed by atoms with E-state index >= 15 is 0 Å². The van der Waals surface area contributed by atoms with Crippen LogP contribution in [0.3, 0.4) is 0 Å². The molecular weight excluding hydrogens is 76.1 g/mol. The molecule has 0 fully saturated rings. The zero-order valence-electron chi connectivity index (χ0n) is 4.56. The van der Waals surface area contributed by atoms with Gasteiger partial charge in [0.05, 0.1) is 0 Å². The summed E-state index contributed by atoms with van der Waals surface area (Å²) in [5.41, 5.74) is 0. The van der Waals surface area contributed by atoms with Crippen LogP contribution in [-0.4, -0.2) is 6.10 Å². The zero-order valence-corrected chi connectivity index (χ0v) is 4.56. The molecule has 0 aliphatic carbocycles. The predicted molar refractivity (Wildman–Crippen MR) is 24.3 cm³/mol. The maximum Gasteiger partial charge on any atom is -0.0599 e. The quantitative estimate of drug-likeness (QED) is 0.453. The highest BCUT2D eigenvalue weighted by molar-refractivity contribution is 4.46. The lowest BCUT2D eigenvalue weighted by atomic mass is 10.1. The molecule has 1 atom stereocenters. The van der Waals surface area contributed by atoms with E-state index < -0.39 is 6.10 Å². The van der Waals surface area contributed by atoms with Gasteiger partial charge in [0.25, 0.3) is 0 Å². The summed E-state index contributed by atoms with van der Waals surface area (Å²) in [4.78, 5) is 0. The highest BCUT2D eigenvalue weighted by Crippen LogP contribution is 1.93. The lowest BCUT2D eigenvalue weighted by Crippen LogP contribution is -2.26. The van der Waals surface area contributed by atoms with Crippen LogP contribution in [0.5, 0.6) is 0 Å². The van der Waals surface area contributed by atoms with Crippen LogP contribution in [0.25, 0.3) is 0 Å². The number of rotatable bonds is 1. The Morgan fingerprint density at radius 1 is 1.17 bits per heavy atom. The summed E-state index contributed by atoms with van der Waals surface area (Å²) in [5.74, 6) is 0.296. The van der Waals surface area contributed by atoms with Gasteiger partial charge in [-0.3, -0.25) is 0 Å². The Kier molecular flexibility index (Phi) is 2.18. The van der Waals surface area contributed by atoms with Crippen molar-refractivity contribution in [3.05, 3.63) is 0 Å². The highest BCUT2D eigenvalue weighted by atomic mass is 16.3. The molecule has 0 radical (unpaired) electrons. The van der Waals surface area contributed by atoms with E-state index in [1.165, 1.54) is 0 Å². The van der Waals surface area contributed by atoms with Crippen LogP contribution in [0, 0.1) is 5.92 Å². The monoisotopic (exact) mass is 87.1 g/mol. The minimum Gasteiger partial charge on any atom is -0.852 e. The van der Waals surface area contributed by atoms with E-state index in [0.717, 1.165) is 0 Å². The molecule has 0 rings (SSSR count). The van der Waals surface area contributed by atoms with Crippen molar-refractivity contribution in [1.82, 2.24) is 0 Å². The summed E-state index contributed by atoms with van der Waals surface area (Å²) in [6.07, 6.45) is -0.398. The molecule has 0 saturated carbocycles. The third-order valence-corrected chi connectivity index (χ3v) is 0.939. The fraction of sp³-hybridized carbons (Fsp3) is 1.00. The summed E-state index contributed by atoms with van der Waals surface area (Å²) in [5, 5.41) is 10.2. The van der Waals surface area contributed by atoms with Crippen LogP contribution < -0.4 is 5.11 Å². The molecule has 1 unspecified atom stereocenters. The minimum absolute atomic E-state index is 0.296. The van der Waals surface area contributed by atoms with E-state index in [0.29, 0.717) is 5.92 Å². The molecule has 0 heterocycles. The first kappa shape index (κ1) is 5.96. The van der Waals surface area contributed by atoms with Crippen LogP contribution in [-0.2, 0) is 0 Å². The molecule has 0 aromatic rings. The third kappa shape index (κ3) is 2.21. The third-order valence-electron chi connectivity index (χ3n) is 0.939. The first-order valence-corrected chi connectivity index (χ1v) is 2.30. The van der Waals surface area contributed by atoms with Gasteiger partial charge in [0.2, 0.25) is 0 Å². The van der Waals surface area contributed by atoms with Crippen molar-refractivity contribution in [3.63, 3.8) is 0 Å². The molecular formula is C5H11O-. The first-order valence-electron chi connectivity index (χ1n) is 2.30. The highest BCUT2D eigenvalue weighted by Gasteiger charge is 1.87. The largest absolute Gasteiger partial charge is 0.852 e. The van der Waals surface area contributed by atoms with Gasteiger partial charge in [0, 0.05) is 0 Å². The first-order chi connectivity index (χ1) is 2.64. The Bertz CT molecular complexity index is 24.9. The second-order valence-corrected chi connectivity index (χ2v) is 1.95. The summed E-state index contributed by atoms with van der Waals surface area (Å²) in [6.45, 7) is 5.54. The van der Waals surface area contributed by atoms with Crippen LogP contribution >= 0.6 is 0 Å². The van der Waals surface area contributed by atoms with Crippen molar-refractivity contribution in [2.75, 3.05) is 0 Å². The maximum absolute atomic E-state index is 10.2. The molecule has 1 nitrogen and oxygen atoms in total. The lowest BCUT2D eigenvalue weighted by molar-refractivity contribution is -0.424. The summed E-state index contributed by atoms with van der Waals surface area (Å²) in [7, 11) is 0. The molecule has 0 aliphatic heterocycles. The van der Waals surface area contributed by atoms with E-state index in [-0.39, 0.29) is 0 Å². The lowest BCUT2D eigenvalue weighted by Gasteiger charge is -2.19. The van der Waals surface area contributed by atoms with Gasteiger partial charge in [0.1, 0.15) is 0 Å². The average Bonchev–Trinajstić information content (AvgIpc) is 1.36. The zero-order chi connectivity index (χ0) is 5.15. The van der Waals surface area contributed by atoms with E-state index in [1.807, 2.05) is 13.8 Å². The Hall–Kier alpha value is -0.0400. The molecule has 0 N–H and O–H groups in total. The Morgan fingerprint density at radius 3 is 1.33 bits per heavy atom. The standard InChI is InChI=1S/C5H11O/c1-4(2)5(3)6/h4-5H,1-3H3/q-1. The second-order valence-electron chi connectivity index (χ2n) is 1.95. The molecule has 6 heavy (non-hydrogen) atoms. The maximum atomic E-state index is 10.2. The van der Waals surface area contributed by atoms with Crippen molar-refractivity contribution in [2.24, 2.45) is 5.92 Å². The molecule has 0 aliphatic rings. The van der Waals surface area contributed by atoms with E-state index in [2.05, 4.69) is 0 Å². The van der Waals surface area contributed by atoms with E-state index in [9.17, 15) is 5.11 Å². The molecule has 38 valence electrons. The smallest absolute Gasteiger partial charge is 0.0599 e. The van der Waals surface area contributed by atoms with Gasteiger partial charge in [-0.05, 0) is 0 Å².